The van der Waals surface area contributed by atoms with Gasteiger partial charge >= 0.3 is 0 Å². The smallest absolute Gasteiger partial charge is 0.279 e. The molecule has 5 heteroatoms. The first-order chi connectivity index (χ1) is 8.34. The maximum atomic E-state index is 11.8. The molecule has 0 radical (unpaired) electrons. The second-order valence-corrected chi connectivity index (χ2v) is 3.50. The number of benzene rings is 1. The summed E-state index contributed by atoms with van der Waals surface area (Å²) in [5.41, 5.74) is 1.16. The molecule has 0 spiro atoms. The van der Waals surface area contributed by atoms with Gasteiger partial charge in [-0.1, -0.05) is 30.3 Å². The van der Waals surface area contributed by atoms with E-state index in [1.165, 1.54) is 4.63 Å². The maximum Gasteiger partial charge on any atom is 0.279 e. The number of rotatable bonds is 1. The van der Waals surface area contributed by atoms with E-state index in [4.69, 9.17) is 0 Å². The van der Waals surface area contributed by atoms with Gasteiger partial charge in [0.25, 0.3) is 5.52 Å². The van der Waals surface area contributed by atoms with Crippen LogP contribution in [0.15, 0.2) is 48.7 Å². The van der Waals surface area contributed by atoms with Crippen molar-refractivity contribution in [2.45, 2.75) is 0 Å². The normalized spacial score (nSPS) is 10.6. The number of hydrogen-bond donors (Lipinski definition) is 0. The molecule has 3 aromatic rings. The van der Waals surface area contributed by atoms with Gasteiger partial charge in [-0.15, -0.1) is 0 Å². The summed E-state index contributed by atoms with van der Waals surface area (Å²) >= 11 is 0. The van der Waals surface area contributed by atoms with Crippen LogP contribution in [0.3, 0.4) is 0 Å². The molecule has 2 heterocycles. The first kappa shape index (κ1) is 9.65. The lowest BCUT2D eigenvalue weighted by molar-refractivity contribution is -0.646. The van der Waals surface area contributed by atoms with E-state index in [1.54, 1.807) is 18.3 Å². The van der Waals surface area contributed by atoms with Crippen molar-refractivity contribution in [1.82, 2.24) is 15.2 Å². The van der Waals surface area contributed by atoms with Crippen LogP contribution in [0, 0.1) is 0 Å². The Morgan fingerprint density at radius 1 is 1.00 bits per heavy atom. The maximum absolute atomic E-state index is 11.8. The van der Waals surface area contributed by atoms with Gasteiger partial charge in [-0.25, -0.2) is 4.98 Å². The monoisotopic (exact) mass is 224 g/mol. The summed E-state index contributed by atoms with van der Waals surface area (Å²) in [5.74, 6) is 0.0544. The minimum absolute atomic E-state index is 0.327. The minimum atomic E-state index is -0.327. The molecular weight excluding hydrogens is 216 g/mol. The van der Waals surface area contributed by atoms with E-state index in [2.05, 4.69) is 15.2 Å². The Morgan fingerprint density at radius 3 is 2.65 bits per heavy atom. The van der Waals surface area contributed by atoms with Crippen molar-refractivity contribution in [3.8, 4) is 17.3 Å². The van der Waals surface area contributed by atoms with Crippen LogP contribution in [0.1, 0.15) is 0 Å². The zero-order valence-corrected chi connectivity index (χ0v) is 8.82. The fourth-order valence-electron chi connectivity index (χ4n) is 1.58. The zero-order chi connectivity index (χ0) is 11.7. The number of nitrogens with zero attached hydrogens (tertiary/aromatic N) is 4. The standard InChI is InChI=1S/C12H8N4O/c17-12-10-7-4-8-13-16(10)15-11(14-12)9-5-2-1-3-6-9/h1-8H. The average molecular weight is 224 g/mol. The molecule has 0 unspecified atom stereocenters. The van der Waals surface area contributed by atoms with Gasteiger partial charge in [-0.2, -0.15) is 0 Å². The van der Waals surface area contributed by atoms with Crippen LogP contribution in [0.25, 0.3) is 16.9 Å². The molecule has 0 saturated heterocycles. The molecule has 17 heavy (non-hydrogen) atoms. The Bertz CT molecular complexity index is 670. The molecule has 0 aliphatic heterocycles. The lowest BCUT2D eigenvalue weighted by Crippen LogP contribution is -2.33. The second kappa shape index (κ2) is 3.79. The van der Waals surface area contributed by atoms with Gasteiger partial charge in [0.05, 0.1) is 21.8 Å². The van der Waals surface area contributed by atoms with E-state index in [9.17, 15) is 5.11 Å². The van der Waals surface area contributed by atoms with Crippen LogP contribution < -0.4 is 9.74 Å². The SMILES string of the molecule is [O-]c1nc(-c2ccccc2)n[n+]2ncccc12. The van der Waals surface area contributed by atoms with Crippen molar-refractivity contribution in [2.24, 2.45) is 0 Å². The molecule has 0 N–H and O–H groups in total. The van der Waals surface area contributed by atoms with E-state index in [0.29, 0.717) is 11.3 Å². The van der Waals surface area contributed by atoms with Gasteiger partial charge in [-0.3, -0.25) is 0 Å². The Morgan fingerprint density at radius 2 is 1.82 bits per heavy atom. The topological polar surface area (TPSA) is 65.8 Å². The van der Waals surface area contributed by atoms with Gasteiger partial charge in [-0.05, 0) is 6.07 Å². The summed E-state index contributed by atoms with van der Waals surface area (Å²) in [7, 11) is 0. The molecule has 0 bridgehead atoms. The summed E-state index contributed by atoms with van der Waals surface area (Å²) in [5, 5.41) is 20.0. The number of aromatic nitrogens is 4. The van der Waals surface area contributed by atoms with Crippen LogP contribution >= 0.6 is 0 Å². The summed E-state index contributed by atoms with van der Waals surface area (Å²) in [4.78, 5) is 3.94. The van der Waals surface area contributed by atoms with Crippen LogP contribution in [0.4, 0.5) is 0 Å². The second-order valence-electron chi connectivity index (χ2n) is 3.50. The highest BCUT2D eigenvalue weighted by atomic mass is 16.3. The van der Waals surface area contributed by atoms with Crippen molar-refractivity contribution in [2.75, 3.05) is 0 Å². The average Bonchev–Trinajstić information content (AvgIpc) is 2.40. The van der Waals surface area contributed by atoms with E-state index in [0.717, 1.165) is 5.56 Å². The van der Waals surface area contributed by atoms with Crippen LogP contribution in [-0.4, -0.2) is 15.2 Å². The predicted octanol–water partition coefficient (Wildman–Crippen LogP) is 0.351. The zero-order valence-electron chi connectivity index (χ0n) is 8.82. The predicted molar refractivity (Wildman–Crippen MR) is 57.9 cm³/mol. The van der Waals surface area contributed by atoms with Crippen molar-refractivity contribution in [1.29, 1.82) is 0 Å². The Kier molecular flexibility index (Phi) is 2.15. The molecule has 0 saturated carbocycles. The van der Waals surface area contributed by atoms with E-state index in [1.807, 2.05) is 30.3 Å². The van der Waals surface area contributed by atoms with Crippen LogP contribution in [-0.2, 0) is 0 Å². The van der Waals surface area contributed by atoms with Gasteiger partial charge in [0, 0.05) is 16.7 Å². The molecule has 0 aliphatic carbocycles. The molecule has 0 aliphatic rings. The quantitative estimate of drug-likeness (QED) is 0.559. The van der Waals surface area contributed by atoms with Crippen LogP contribution in [0.2, 0.25) is 0 Å². The third kappa shape index (κ3) is 1.67. The van der Waals surface area contributed by atoms with Gasteiger partial charge in [0.2, 0.25) is 5.82 Å². The number of fused-ring (bicyclic) bond motifs is 1. The molecule has 3 rings (SSSR count). The Labute approximate surface area is 97.0 Å². The summed E-state index contributed by atoms with van der Waals surface area (Å²) in [6, 6.07) is 12.7. The lowest BCUT2D eigenvalue weighted by Gasteiger charge is -2.03. The Hall–Kier alpha value is -2.56. The molecule has 1 aromatic carbocycles. The highest BCUT2D eigenvalue weighted by Crippen LogP contribution is 2.15. The first-order valence-corrected chi connectivity index (χ1v) is 5.12. The lowest BCUT2D eigenvalue weighted by atomic mass is 10.2. The fourth-order valence-corrected chi connectivity index (χ4v) is 1.58. The van der Waals surface area contributed by atoms with Crippen molar-refractivity contribution in [3.05, 3.63) is 48.7 Å². The van der Waals surface area contributed by atoms with Crippen molar-refractivity contribution >= 4 is 5.52 Å². The fraction of sp³-hybridized carbons (Fsp3) is 0. The largest absolute Gasteiger partial charge is 0.854 e. The Balaban J connectivity index is 2.26. The van der Waals surface area contributed by atoms with E-state index in [-0.39, 0.29) is 5.88 Å². The van der Waals surface area contributed by atoms with Gasteiger partial charge in [0.15, 0.2) is 0 Å². The molecule has 5 nitrogen and oxygen atoms in total. The van der Waals surface area contributed by atoms with Crippen molar-refractivity contribution < 1.29 is 9.74 Å². The highest BCUT2D eigenvalue weighted by molar-refractivity contribution is 5.56. The van der Waals surface area contributed by atoms with Crippen LogP contribution in [0.5, 0.6) is 5.88 Å². The van der Waals surface area contributed by atoms with E-state index < -0.39 is 0 Å². The molecule has 0 atom stereocenters. The molecular formula is C12H8N4O. The molecule has 0 fully saturated rings. The summed E-state index contributed by atoms with van der Waals surface area (Å²) < 4.78 is 1.30. The molecule has 2 aromatic heterocycles. The van der Waals surface area contributed by atoms with Crippen molar-refractivity contribution in [3.63, 3.8) is 0 Å². The van der Waals surface area contributed by atoms with Gasteiger partial charge in [0.1, 0.15) is 0 Å². The molecule has 82 valence electrons. The summed E-state index contributed by atoms with van der Waals surface area (Å²) in [6.07, 6.45) is 1.58. The minimum Gasteiger partial charge on any atom is -0.854 e. The molecule has 0 amide bonds. The first-order valence-electron chi connectivity index (χ1n) is 5.12. The number of hydrogen-bond acceptors (Lipinski definition) is 4. The van der Waals surface area contributed by atoms with Gasteiger partial charge < -0.3 is 5.11 Å². The third-order valence-corrected chi connectivity index (χ3v) is 2.38. The summed E-state index contributed by atoms with van der Waals surface area (Å²) in [6.45, 7) is 0. The highest BCUT2D eigenvalue weighted by Gasteiger charge is 2.11. The third-order valence-electron chi connectivity index (χ3n) is 2.38. The van der Waals surface area contributed by atoms with E-state index >= 15 is 0 Å².